The Balaban J connectivity index is 2.16. The predicted octanol–water partition coefficient (Wildman–Crippen LogP) is 9.32. The van der Waals surface area contributed by atoms with Gasteiger partial charge in [0, 0.05) is 11.6 Å². The Morgan fingerprint density at radius 1 is 0.838 bits per heavy atom. The van der Waals surface area contributed by atoms with Gasteiger partial charge >= 0.3 is 7.60 Å². The van der Waals surface area contributed by atoms with Gasteiger partial charge in [-0.1, -0.05) is 70.4 Å². The average molecular weight is 530 g/mol. The first kappa shape index (κ1) is 29.7. The summed E-state index contributed by atoms with van der Waals surface area (Å²) >= 11 is 0. The van der Waals surface area contributed by atoms with Crippen LogP contribution in [0.1, 0.15) is 96.1 Å². The number of methoxy groups -OCH3 is 1. The molecule has 0 unspecified atom stereocenters. The molecule has 2 aromatic rings. The zero-order chi connectivity index (χ0) is 26.8. The van der Waals surface area contributed by atoms with Crippen molar-refractivity contribution in [3.05, 3.63) is 59.7 Å². The maximum atomic E-state index is 15.2. The summed E-state index contributed by atoms with van der Waals surface area (Å²) in [4.78, 5) is 0. The lowest BCUT2D eigenvalue weighted by Crippen LogP contribution is -2.35. The molecular formula is C31H48NO4P. The summed E-state index contributed by atoms with van der Waals surface area (Å²) in [6, 6.07) is 16.6. The van der Waals surface area contributed by atoms with Crippen LogP contribution in [0, 0.1) is 12.8 Å². The van der Waals surface area contributed by atoms with Gasteiger partial charge in [-0.2, -0.15) is 0 Å². The molecule has 0 radical (unpaired) electrons. The minimum atomic E-state index is -3.62. The Morgan fingerprint density at radius 2 is 1.35 bits per heavy atom. The van der Waals surface area contributed by atoms with E-state index in [0.29, 0.717) is 5.92 Å². The lowest BCUT2D eigenvalue weighted by molar-refractivity contribution is 0.0980. The SMILES string of the molecule is CCC(CC)OP(=O)(OC(CC)CC)[C@@H](Nc1ccc(OC)cc1)[C@@H](c1ccc(C)cc1)C1CCCC1. The Labute approximate surface area is 225 Å². The van der Waals surface area contributed by atoms with Crippen molar-refractivity contribution >= 4 is 13.3 Å². The maximum Gasteiger partial charge on any atom is 0.353 e. The molecule has 0 heterocycles. The maximum absolute atomic E-state index is 15.2. The molecule has 0 aromatic heterocycles. The number of benzene rings is 2. The van der Waals surface area contributed by atoms with Gasteiger partial charge in [-0.25, -0.2) is 0 Å². The van der Waals surface area contributed by atoms with Crippen LogP contribution in [0.5, 0.6) is 5.75 Å². The van der Waals surface area contributed by atoms with E-state index in [-0.39, 0.29) is 18.1 Å². The molecule has 1 aliphatic carbocycles. The highest BCUT2D eigenvalue weighted by Crippen LogP contribution is 2.62. The fourth-order valence-corrected chi connectivity index (χ4v) is 8.34. The van der Waals surface area contributed by atoms with E-state index in [1.165, 1.54) is 24.0 Å². The molecule has 1 fully saturated rings. The molecule has 206 valence electrons. The van der Waals surface area contributed by atoms with Crippen molar-refractivity contribution in [2.24, 2.45) is 5.92 Å². The van der Waals surface area contributed by atoms with E-state index in [1.54, 1.807) is 7.11 Å². The molecule has 37 heavy (non-hydrogen) atoms. The first-order valence-electron chi connectivity index (χ1n) is 14.3. The average Bonchev–Trinajstić information content (AvgIpc) is 3.46. The normalized spacial score (nSPS) is 16.3. The number of nitrogens with one attached hydrogen (secondary N) is 1. The highest BCUT2D eigenvalue weighted by atomic mass is 31.2. The fourth-order valence-electron chi connectivity index (χ4n) is 5.49. The van der Waals surface area contributed by atoms with Crippen LogP contribution in [-0.2, 0) is 13.6 Å². The summed E-state index contributed by atoms with van der Waals surface area (Å²) in [5, 5.41) is 3.70. The highest BCUT2D eigenvalue weighted by Gasteiger charge is 2.47. The summed E-state index contributed by atoms with van der Waals surface area (Å²) in [5.74, 6) is 0.688. The van der Waals surface area contributed by atoms with Gasteiger partial charge in [0.15, 0.2) is 0 Å². The van der Waals surface area contributed by atoms with Crippen molar-refractivity contribution in [1.82, 2.24) is 0 Å². The third-order valence-corrected chi connectivity index (χ3v) is 10.2. The molecule has 5 nitrogen and oxygen atoms in total. The number of ether oxygens (including phenoxy) is 1. The van der Waals surface area contributed by atoms with Crippen LogP contribution >= 0.6 is 7.60 Å². The van der Waals surface area contributed by atoms with Gasteiger partial charge < -0.3 is 19.1 Å². The Bertz CT molecular complexity index is 946. The summed E-state index contributed by atoms with van der Waals surface area (Å²) < 4.78 is 33.7. The number of rotatable bonds is 15. The Hall–Kier alpha value is -1.81. The number of anilines is 1. The molecule has 1 saturated carbocycles. The van der Waals surface area contributed by atoms with Crippen LogP contribution in [-0.4, -0.2) is 25.1 Å². The molecule has 0 spiro atoms. The molecule has 0 aliphatic heterocycles. The molecule has 3 rings (SSSR count). The van der Waals surface area contributed by atoms with E-state index < -0.39 is 13.4 Å². The predicted molar refractivity (Wildman–Crippen MR) is 155 cm³/mol. The number of hydrogen-bond donors (Lipinski definition) is 1. The smallest absolute Gasteiger partial charge is 0.353 e. The second-order valence-corrected chi connectivity index (χ2v) is 12.5. The van der Waals surface area contributed by atoms with E-state index in [9.17, 15) is 0 Å². The van der Waals surface area contributed by atoms with E-state index >= 15 is 4.57 Å². The summed E-state index contributed by atoms with van der Waals surface area (Å²) in [6.07, 6.45) is 7.57. The van der Waals surface area contributed by atoms with E-state index in [1.807, 2.05) is 24.3 Å². The molecule has 6 heteroatoms. The topological polar surface area (TPSA) is 56.8 Å². The molecule has 2 atom stereocenters. The van der Waals surface area contributed by atoms with Gasteiger partial charge in [0.1, 0.15) is 11.5 Å². The first-order chi connectivity index (χ1) is 17.9. The zero-order valence-corrected chi connectivity index (χ0v) is 24.6. The molecule has 1 N–H and O–H groups in total. The fraction of sp³-hybridized carbons (Fsp3) is 0.613. The van der Waals surface area contributed by atoms with E-state index in [2.05, 4.69) is 64.2 Å². The Morgan fingerprint density at radius 3 is 1.81 bits per heavy atom. The second kappa shape index (κ2) is 14.4. The molecule has 1 aliphatic rings. The monoisotopic (exact) mass is 529 g/mol. The van der Waals surface area contributed by atoms with Crippen molar-refractivity contribution in [2.75, 3.05) is 12.4 Å². The van der Waals surface area contributed by atoms with Gasteiger partial charge in [0.2, 0.25) is 0 Å². The van der Waals surface area contributed by atoms with Crippen molar-refractivity contribution in [3.8, 4) is 5.75 Å². The van der Waals surface area contributed by atoms with Crippen molar-refractivity contribution in [1.29, 1.82) is 0 Å². The molecule has 0 saturated heterocycles. The van der Waals surface area contributed by atoms with Crippen LogP contribution in [0.4, 0.5) is 5.69 Å². The van der Waals surface area contributed by atoms with Crippen molar-refractivity contribution in [2.45, 2.75) is 110 Å². The summed E-state index contributed by atoms with van der Waals surface area (Å²) in [5.41, 5.74) is 3.31. The standard InChI is InChI=1S/C31H48NO4P/c1-7-27(8-2)35-37(33,36-28(9-3)10-4)31(32-26-19-21-29(34-6)22-20-26)30(24-13-11-12-14-24)25-17-15-23(5)16-18-25/h15-22,24,27-28,30-32H,7-14H2,1-6H3/t30-,31-/m1/s1. The summed E-state index contributed by atoms with van der Waals surface area (Å²) in [7, 11) is -1.95. The van der Waals surface area contributed by atoms with Crippen LogP contribution in [0.3, 0.4) is 0 Å². The zero-order valence-electron chi connectivity index (χ0n) is 23.7. The lowest BCUT2D eigenvalue weighted by atomic mass is 9.84. The number of hydrogen-bond acceptors (Lipinski definition) is 5. The summed E-state index contributed by atoms with van der Waals surface area (Å²) in [6.45, 7) is 10.5. The van der Waals surface area contributed by atoms with Gasteiger partial charge in [-0.3, -0.25) is 4.57 Å². The van der Waals surface area contributed by atoms with Crippen LogP contribution < -0.4 is 10.1 Å². The van der Waals surface area contributed by atoms with Crippen molar-refractivity contribution < 1.29 is 18.3 Å². The minimum Gasteiger partial charge on any atom is -0.497 e. The van der Waals surface area contributed by atoms with E-state index in [0.717, 1.165) is 50.0 Å². The molecule has 0 bridgehead atoms. The van der Waals surface area contributed by atoms with Crippen LogP contribution in [0.15, 0.2) is 48.5 Å². The molecule has 2 aromatic carbocycles. The van der Waals surface area contributed by atoms with Gasteiger partial charge in [-0.05, 0) is 81.2 Å². The van der Waals surface area contributed by atoms with Crippen molar-refractivity contribution in [3.63, 3.8) is 0 Å². The first-order valence-corrected chi connectivity index (χ1v) is 15.9. The largest absolute Gasteiger partial charge is 0.497 e. The lowest BCUT2D eigenvalue weighted by Gasteiger charge is -2.39. The third-order valence-electron chi connectivity index (χ3n) is 7.87. The van der Waals surface area contributed by atoms with Gasteiger partial charge in [-0.15, -0.1) is 0 Å². The van der Waals surface area contributed by atoms with Crippen LogP contribution in [0.2, 0.25) is 0 Å². The quantitative estimate of drug-likeness (QED) is 0.233. The third kappa shape index (κ3) is 7.85. The van der Waals surface area contributed by atoms with Gasteiger partial charge in [0.25, 0.3) is 0 Å². The van der Waals surface area contributed by atoms with E-state index in [4.69, 9.17) is 13.8 Å². The highest BCUT2D eigenvalue weighted by molar-refractivity contribution is 7.54. The Kier molecular flexibility index (Phi) is 11.6. The van der Waals surface area contributed by atoms with Crippen LogP contribution in [0.25, 0.3) is 0 Å². The number of aryl methyl sites for hydroxylation is 1. The minimum absolute atomic E-state index is 0.000223. The van der Waals surface area contributed by atoms with Gasteiger partial charge in [0.05, 0.1) is 19.3 Å². The second-order valence-electron chi connectivity index (χ2n) is 10.4. The molecule has 0 amide bonds. The molecular weight excluding hydrogens is 481 g/mol.